The lowest BCUT2D eigenvalue weighted by Gasteiger charge is -2.08. The molecule has 0 atom stereocenters. The number of hydrogen-bond acceptors (Lipinski definition) is 2. The zero-order valence-corrected chi connectivity index (χ0v) is 8.95. The van der Waals surface area contributed by atoms with Crippen LogP contribution < -0.4 is 5.32 Å². The monoisotopic (exact) mass is 255 g/mol. The summed E-state index contributed by atoms with van der Waals surface area (Å²) in [5, 5.41) is 8.50. The van der Waals surface area contributed by atoms with Crippen molar-refractivity contribution in [2.24, 2.45) is 0 Å². The number of aromatic nitrogens is 2. The maximum absolute atomic E-state index is 12.5. The van der Waals surface area contributed by atoms with E-state index in [0.717, 1.165) is 12.1 Å². The van der Waals surface area contributed by atoms with Gasteiger partial charge in [-0.2, -0.15) is 18.3 Å². The van der Waals surface area contributed by atoms with Crippen LogP contribution >= 0.6 is 0 Å². The predicted molar refractivity (Wildman–Crippen MR) is 58.0 cm³/mol. The van der Waals surface area contributed by atoms with E-state index in [1.165, 1.54) is 24.5 Å². The molecule has 1 aromatic heterocycles. The predicted octanol–water partition coefficient (Wildman–Crippen LogP) is 2.68. The molecule has 2 rings (SSSR count). The van der Waals surface area contributed by atoms with Crippen LogP contribution in [0.15, 0.2) is 36.7 Å². The van der Waals surface area contributed by atoms with E-state index in [1.807, 2.05) is 0 Å². The Bertz CT molecular complexity index is 549. The van der Waals surface area contributed by atoms with Crippen molar-refractivity contribution < 1.29 is 18.0 Å². The highest BCUT2D eigenvalue weighted by atomic mass is 19.4. The van der Waals surface area contributed by atoms with Crippen molar-refractivity contribution in [3.05, 3.63) is 47.8 Å². The maximum atomic E-state index is 12.5. The number of hydrogen-bond donors (Lipinski definition) is 2. The lowest BCUT2D eigenvalue weighted by Crippen LogP contribution is -2.13. The van der Waals surface area contributed by atoms with Crippen LogP contribution in [0.25, 0.3) is 0 Å². The minimum absolute atomic E-state index is 0.0639. The molecule has 1 aromatic carbocycles. The molecule has 2 N–H and O–H groups in total. The van der Waals surface area contributed by atoms with Gasteiger partial charge in [0.25, 0.3) is 5.91 Å². The highest BCUT2D eigenvalue weighted by Gasteiger charge is 2.30. The largest absolute Gasteiger partial charge is 0.416 e. The molecule has 0 saturated carbocycles. The summed E-state index contributed by atoms with van der Waals surface area (Å²) in [5.74, 6) is -0.623. The molecule has 0 aliphatic rings. The first-order chi connectivity index (χ1) is 8.47. The van der Waals surface area contributed by atoms with Crippen LogP contribution in [0.3, 0.4) is 0 Å². The van der Waals surface area contributed by atoms with E-state index < -0.39 is 17.6 Å². The highest BCUT2D eigenvalue weighted by Crippen LogP contribution is 2.29. The fraction of sp³-hybridized carbons (Fsp3) is 0.0909. The van der Waals surface area contributed by atoms with Gasteiger partial charge in [-0.3, -0.25) is 9.89 Å². The number of aromatic amines is 1. The molecule has 0 fully saturated rings. The van der Waals surface area contributed by atoms with Gasteiger partial charge in [0.1, 0.15) is 0 Å². The van der Waals surface area contributed by atoms with Crippen molar-refractivity contribution in [3.63, 3.8) is 0 Å². The van der Waals surface area contributed by atoms with Crippen molar-refractivity contribution in [2.45, 2.75) is 6.18 Å². The lowest BCUT2D eigenvalue weighted by molar-refractivity contribution is -0.137. The minimum atomic E-state index is -4.47. The van der Waals surface area contributed by atoms with Gasteiger partial charge in [0.2, 0.25) is 0 Å². The molecule has 2 aromatic rings. The van der Waals surface area contributed by atoms with Gasteiger partial charge in [-0.05, 0) is 18.2 Å². The lowest BCUT2D eigenvalue weighted by atomic mass is 10.1. The number of benzene rings is 1. The summed E-state index contributed by atoms with van der Waals surface area (Å²) in [4.78, 5) is 11.7. The van der Waals surface area contributed by atoms with E-state index in [0.29, 0.717) is 5.69 Å². The number of carbonyl (C=O) groups excluding carboxylic acids is 1. The van der Waals surface area contributed by atoms with Crippen LogP contribution in [0, 0.1) is 0 Å². The van der Waals surface area contributed by atoms with Crippen LogP contribution in [0.4, 0.5) is 18.9 Å². The van der Waals surface area contributed by atoms with E-state index in [4.69, 9.17) is 0 Å². The molecule has 0 unspecified atom stereocenters. The van der Waals surface area contributed by atoms with E-state index >= 15 is 0 Å². The molecule has 18 heavy (non-hydrogen) atoms. The minimum Gasteiger partial charge on any atom is -0.319 e. The smallest absolute Gasteiger partial charge is 0.319 e. The third kappa shape index (κ3) is 2.68. The van der Waals surface area contributed by atoms with Gasteiger partial charge < -0.3 is 5.32 Å². The quantitative estimate of drug-likeness (QED) is 0.866. The number of anilines is 1. The molecule has 0 aliphatic carbocycles. The summed E-state index contributed by atoms with van der Waals surface area (Å²) >= 11 is 0. The first kappa shape index (κ1) is 12.2. The zero-order chi connectivity index (χ0) is 13.2. The van der Waals surface area contributed by atoms with Crippen LogP contribution in [-0.4, -0.2) is 16.1 Å². The Hall–Kier alpha value is -2.31. The first-order valence-corrected chi connectivity index (χ1v) is 4.94. The number of alkyl halides is 3. The number of nitrogens with zero attached hydrogens (tertiary/aromatic N) is 1. The topological polar surface area (TPSA) is 57.8 Å². The third-order valence-electron chi connectivity index (χ3n) is 2.21. The second kappa shape index (κ2) is 4.52. The van der Waals surface area contributed by atoms with Crippen molar-refractivity contribution in [1.82, 2.24) is 10.2 Å². The van der Waals surface area contributed by atoms with Crippen LogP contribution in [0.1, 0.15) is 15.9 Å². The number of nitrogens with one attached hydrogen (secondary N) is 2. The van der Waals surface area contributed by atoms with Crippen LogP contribution in [0.5, 0.6) is 0 Å². The van der Waals surface area contributed by atoms with Crippen LogP contribution in [0.2, 0.25) is 0 Å². The molecular formula is C11H8F3N3O. The Kier molecular flexibility index (Phi) is 3.05. The van der Waals surface area contributed by atoms with Gasteiger partial charge in [-0.15, -0.1) is 0 Å². The summed E-state index contributed by atoms with van der Waals surface area (Å²) in [7, 11) is 0. The average molecular weight is 255 g/mol. The Morgan fingerprint density at radius 2 is 2.11 bits per heavy atom. The van der Waals surface area contributed by atoms with Gasteiger partial charge in [-0.25, -0.2) is 0 Å². The Balaban J connectivity index is 2.21. The summed E-state index contributed by atoms with van der Waals surface area (Å²) in [6, 6.07) is 4.21. The highest BCUT2D eigenvalue weighted by molar-refractivity contribution is 6.04. The number of carbonyl (C=O) groups is 1. The summed E-state index contributed by atoms with van der Waals surface area (Å²) in [6.45, 7) is 0. The number of rotatable bonds is 2. The van der Waals surface area contributed by atoms with E-state index in [9.17, 15) is 18.0 Å². The van der Waals surface area contributed by atoms with E-state index in [1.54, 1.807) is 0 Å². The molecule has 0 spiro atoms. The SMILES string of the molecule is O=C(Nc1cn[nH]c1)c1cccc(C(F)(F)F)c1. The van der Waals surface area contributed by atoms with Gasteiger partial charge in [0.05, 0.1) is 17.4 Å². The maximum Gasteiger partial charge on any atom is 0.416 e. The van der Waals surface area contributed by atoms with Gasteiger partial charge in [0.15, 0.2) is 0 Å². The summed E-state index contributed by atoms with van der Waals surface area (Å²) in [5.41, 5.74) is -0.536. The Morgan fingerprint density at radius 3 is 2.72 bits per heavy atom. The van der Waals surface area contributed by atoms with Crippen molar-refractivity contribution in [1.29, 1.82) is 0 Å². The summed E-state index contributed by atoms with van der Waals surface area (Å²) < 4.78 is 37.4. The summed E-state index contributed by atoms with van der Waals surface area (Å²) in [6.07, 6.45) is -1.69. The number of H-pyrrole nitrogens is 1. The molecule has 0 saturated heterocycles. The fourth-order valence-electron chi connectivity index (χ4n) is 1.36. The van der Waals surface area contributed by atoms with Crippen molar-refractivity contribution >= 4 is 11.6 Å². The molecular weight excluding hydrogens is 247 g/mol. The average Bonchev–Trinajstić information content (AvgIpc) is 2.81. The van der Waals surface area contributed by atoms with Crippen LogP contribution in [-0.2, 0) is 6.18 Å². The zero-order valence-electron chi connectivity index (χ0n) is 8.95. The molecule has 0 bridgehead atoms. The molecule has 94 valence electrons. The number of halogens is 3. The Morgan fingerprint density at radius 1 is 1.33 bits per heavy atom. The van der Waals surface area contributed by atoms with E-state index in [2.05, 4.69) is 15.5 Å². The molecule has 7 heteroatoms. The second-order valence-corrected chi connectivity index (χ2v) is 3.52. The molecule has 1 heterocycles. The standard InChI is InChI=1S/C11H8F3N3O/c12-11(13,14)8-3-1-2-7(4-8)10(18)17-9-5-15-16-6-9/h1-6H,(H,15,16)(H,17,18). The van der Waals surface area contributed by atoms with Gasteiger partial charge in [0, 0.05) is 11.8 Å². The molecule has 0 radical (unpaired) electrons. The fourth-order valence-corrected chi connectivity index (χ4v) is 1.36. The third-order valence-corrected chi connectivity index (χ3v) is 2.21. The van der Waals surface area contributed by atoms with Crippen molar-refractivity contribution in [2.75, 3.05) is 5.32 Å². The molecule has 1 amide bonds. The normalized spacial score (nSPS) is 11.3. The van der Waals surface area contributed by atoms with Gasteiger partial charge >= 0.3 is 6.18 Å². The second-order valence-electron chi connectivity index (χ2n) is 3.52. The Labute approximate surface area is 99.8 Å². The first-order valence-electron chi connectivity index (χ1n) is 4.94. The number of amides is 1. The molecule has 0 aliphatic heterocycles. The van der Waals surface area contributed by atoms with E-state index in [-0.39, 0.29) is 5.56 Å². The molecule has 4 nitrogen and oxygen atoms in total. The van der Waals surface area contributed by atoms with Gasteiger partial charge in [-0.1, -0.05) is 6.07 Å². The van der Waals surface area contributed by atoms with Crippen molar-refractivity contribution in [3.8, 4) is 0 Å².